The van der Waals surface area contributed by atoms with E-state index in [0.717, 1.165) is 196 Å². The molecule has 516 valence electrons. The topological polar surface area (TPSA) is 393 Å². The zero-order chi connectivity index (χ0) is 63.7. The summed E-state index contributed by atoms with van der Waals surface area (Å²) >= 11 is -18.5. The number of hydrogen-bond acceptors (Lipinski definition) is 27. The van der Waals surface area contributed by atoms with E-state index in [1.165, 1.54) is 0 Å². The summed E-state index contributed by atoms with van der Waals surface area (Å²) in [4.78, 5) is 31.5. The average Bonchev–Trinajstić information content (AvgIpc) is 3.94. The van der Waals surface area contributed by atoms with Gasteiger partial charge in [0.25, 0.3) is 0 Å². The molecule has 0 spiro atoms. The first-order chi connectivity index (χ1) is 41.4. The fraction of sp³-hybridized carbons (Fsp3) is 1.00. The van der Waals surface area contributed by atoms with Gasteiger partial charge in [0.1, 0.15) is 35.3 Å². The SMILES string of the molecule is O=S([O-])CN1CCN2CCN(CCN(CCN(CS(=O)O)CS(=O)O)CC2)CC1.O=S([O-])CN1CCN2CCN(CCN(CCN(CS(=O)O)CS(=O)O)CC2)CC1.O=S([O-])CN1CCN2CCN(CCN(CCN(CS(=O)O)CS(=O)O)CC2)CC1.[Y+3]. The van der Waals surface area contributed by atoms with Crippen molar-refractivity contribution < 1.29 is 112 Å². The molecule has 0 amide bonds. The standard InChI is InChI=1S/3C15H33N5O6S3.Y/c3*21-27(22)13-19-10-7-16-1-2-17(8-11-19)4-6-18(5-3-16)9-12-20(14-28(23)24)15-29(25)26;/h3*1-15H2,(H,21,22)(H,23,24)(H,25,26);/q;;;+3/p-3. The molecule has 0 aliphatic carbocycles. The minimum atomic E-state index is -2.07. The predicted octanol–water partition coefficient (Wildman–Crippen LogP) is -6.85. The molecule has 6 bridgehead atoms. The van der Waals surface area contributed by atoms with E-state index < -0.39 is 99.7 Å². The smallest absolute Gasteiger partial charge is 0.771 e. The van der Waals surface area contributed by atoms with Crippen LogP contribution in [-0.2, 0) is 132 Å². The van der Waals surface area contributed by atoms with Crippen molar-refractivity contribution in [3.05, 3.63) is 0 Å². The van der Waals surface area contributed by atoms with Gasteiger partial charge in [0.15, 0.2) is 66.5 Å². The predicted molar refractivity (Wildman–Crippen MR) is 338 cm³/mol. The van der Waals surface area contributed by atoms with Crippen molar-refractivity contribution in [3.8, 4) is 0 Å². The van der Waals surface area contributed by atoms with Crippen LogP contribution in [0.25, 0.3) is 0 Å². The van der Waals surface area contributed by atoms with Crippen LogP contribution in [0.1, 0.15) is 0 Å². The Balaban J connectivity index is 0.000000343. The summed E-state index contributed by atoms with van der Waals surface area (Å²) in [5.74, 6) is -0.647. The van der Waals surface area contributed by atoms with Crippen LogP contribution in [-0.4, -0.2) is 441 Å². The molecule has 0 radical (unpaired) electrons. The maximum atomic E-state index is 11.1. The number of fused-ring (bicyclic) bond motifs is 9. The molecule has 6 fully saturated rings. The molecular weight excluding hydrogens is 1420 g/mol. The zero-order valence-electron chi connectivity index (χ0n) is 50.4. The van der Waals surface area contributed by atoms with Gasteiger partial charge in [0, 0.05) is 236 Å². The molecule has 6 aliphatic rings. The van der Waals surface area contributed by atoms with E-state index in [2.05, 4.69) is 44.1 Å². The van der Waals surface area contributed by atoms with Crippen molar-refractivity contribution in [1.82, 2.24) is 73.5 Å². The Morgan fingerprint density at radius 1 is 0.250 bits per heavy atom. The van der Waals surface area contributed by atoms with Crippen LogP contribution in [0.5, 0.6) is 0 Å². The fourth-order valence-electron chi connectivity index (χ4n) is 10.7. The van der Waals surface area contributed by atoms with Crippen LogP contribution in [0.4, 0.5) is 0 Å². The molecule has 0 aromatic rings. The van der Waals surface area contributed by atoms with Gasteiger partial charge in [-0.25, -0.2) is 25.3 Å². The van der Waals surface area contributed by atoms with E-state index >= 15 is 0 Å². The second-order valence-corrected chi connectivity index (χ2v) is 30.1. The first-order valence-corrected chi connectivity index (χ1v) is 40.3. The third-order valence-corrected chi connectivity index (χ3v) is 21.1. The first-order valence-electron chi connectivity index (χ1n) is 28.9. The van der Waals surface area contributed by atoms with Crippen molar-refractivity contribution in [2.24, 2.45) is 0 Å². The third kappa shape index (κ3) is 40.3. The molecule has 0 aromatic heterocycles. The zero-order valence-corrected chi connectivity index (χ0v) is 60.5. The minimum absolute atomic E-state index is 0. The van der Waals surface area contributed by atoms with E-state index in [9.17, 15) is 51.5 Å². The number of rotatable bonds is 27. The number of hydrogen-bond donors (Lipinski definition) is 6. The Bertz CT molecular complexity index is 1850. The van der Waals surface area contributed by atoms with Crippen LogP contribution in [0.2, 0.25) is 0 Å². The molecule has 6 saturated heterocycles. The Labute approximate surface area is 568 Å². The van der Waals surface area contributed by atoms with Crippen LogP contribution in [0.3, 0.4) is 0 Å². The van der Waals surface area contributed by atoms with Gasteiger partial charge >= 0.3 is 32.7 Å². The molecule has 6 N–H and O–H groups in total. The quantitative estimate of drug-likeness (QED) is 0.0416. The average molecular weight is 1510 g/mol. The second-order valence-electron chi connectivity index (χ2n) is 22.1. The molecular formula is C45H96N15O18S9Y. The summed E-state index contributed by atoms with van der Waals surface area (Å²) in [6, 6.07) is 0. The normalized spacial score (nSPS) is 28.2. The maximum Gasteiger partial charge on any atom is 3.00 e. The molecule has 15 unspecified atom stereocenters. The Morgan fingerprint density at radius 3 is 0.523 bits per heavy atom. The Morgan fingerprint density at radius 2 is 0.386 bits per heavy atom. The van der Waals surface area contributed by atoms with Gasteiger partial charge in [-0.3, -0.25) is 86.1 Å². The second kappa shape index (κ2) is 48.2. The van der Waals surface area contributed by atoms with Crippen molar-refractivity contribution in [2.45, 2.75) is 0 Å². The molecule has 6 heterocycles. The molecule has 0 aromatic carbocycles. The molecule has 6 rings (SSSR count). The summed E-state index contributed by atoms with van der Waals surface area (Å²) in [6.07, 6.45) is 0. The molecule has 6 aliphatic heterocycles. The largest absolute Gasteiger partial charge is 3.00 e. The van der Waals surface area contributed by atoms with Gasteiger partial charge in [0.2, 0.25) is 0 Å². The molecule has 0 saturated carbocycles. The van der Waals surface area contributed by atoms with Gasteiger partial charge < -0.3 is 41.0 Å². The van der Waals surface area contributed by atoms with E-state index in [1.54, 1.807) is 14.7 Å². The summed E-state index contributed by atoms with van der Waals surface area (Å²) in [6.45, 7) is 28.4. The third-order valence-electron chi connectivity index (χ3n) is 15.8. The van der Waals surface area contributed by atoms with E-state index in [-0.39, 0.29) is 85.6 Å². The van der Waals surface area contributed by atoms with Crippen molar-refractivity contribution in [3.63, 3.8) is 0 Å². The van der Waals surface area contributed by atoms with Gasteiger partial charge in [-0.05, 0) is 33.2 Å². The van der Waals surface area contributed by atoms with Crippen LogP contribution in [0, 0.1) is 0 Å². The first kappa shape index (κ1) is 83.7. The van der Waals surface area contributed by atoms with E-state index in [0.29, 0.717) is 39.3 Å². The summed E-state index contributed by atoms with van der Waals surface area (Å²) in [5, 5.41) is 0. The van der Waals surface area contributed by atoms with Crippen molar-refractivity contribution >= 4 is 99.7 Å². The molecule has 33 nitrogen and oxygen atoms in total. The summed E-state index contributed by atoms with van der Waals surface area (Å²) in [5.41, 5.74) is 0. The van der Waals surface area contributed by atoms with E-state index in [4.69, 9.17) is 27.3 Å². The molecule has 15 atom stereocenters. The molecule has 43 heteroatoms. The van der Waals surface area contributed by atoms with Gasteiger partial charge in [-0.1, -0.05) is 0 Å². The van der Waals surface area contributed by atoms with Crippen LogP contribution < -0.4 is 0 Å². The summed E-state index contributed by atoms with van der Waals surface area (Å²) in [7, 11) is 0. The summed E-state index contributed by atoms with van der Waals surface area (Å²) < 4.78 is 188. The van der Waals surface area contributed by atoms with E-state index in [1.807, 2.05) is 14.7 Å². The van der Waals surface area contributed by atoms with Crippen molar-refractivity contribution in [1.29, 1.82) is 0 Å². The monoisotopic (exact) mass is 1510 g/mol. The Hall–Kier alpha value is 1.49. The maximum absolute atomic E-state index is 11.1. The van der Waals surface area contributed by atoms with Gasteiger partial charge in [-0.2, -0.15) is 0 Å². The fourth-order valence-corrected chi connectivity index (χ4v) is 15.9. The Kier molecular flexibility index (Phi) is 45.9. The van der Waals surface area contributed by atoms with Crippen LogP contribution >= 0.6 is 0 Å². The minimum Gasteiger partial charge on any atom is -0.771 e. The van der Waals surface area contributed by atoms with Crippen LogP contribution in [0.15, 0.2) is 0 Å². The van der Waals surface area contributed by atoms with Gasteiger partial charge in [-0.15, -0.1) is 0 Å². The van der Waals surface area contributed by atoms with Gasteiger partial charge in [0.05, 0.1) is 17.6 Å². The molecule has 88 heavy (non-hydrogen) atoms. The van der Waals surface area contributed by atoms with Crippen molar-refractivity contribution in [2.75, 3.05) is 289 Å². The number of nitrogens with zero attached hydrogens (tertiary/aromatic N) is 15.